The maximum absolute atomic E-state index is 4.51. The van der Waals surface area contributed by atoms with Crippen LogP contribution in [0, 0.1) is 5.92 Å². The molecule has 2 fully saturated rings. The Hall–Kier alpha value is -0.540. The third-order valence-electron chi connectivity index (χ3n) is 5.60. The molecule has 1 aromatic heterocycles. The molecule has 0 unspecified atom stereocenters. The van der Waals surface area contributed by atoms with Crippen LogP contribution >= 0.6 is 35.3 Å². The smallest absolute Gasteiger partial charge is 0.193 e. The highest BCUT2D eigenvalue weighted by Crippen LogP contribution is 2.22. The molecule has 3 rings (SSSR count). The van der Waals surface area contributed by atoms with Crippen molar-refractivity contribution in [3.8, 4) is 0 Å². The van der Waals surface area contributed by atoms with Crippen molar-refractivity contribution in [2.45, 2.75) is 26.2 Å². The first-order valence-corrected chi connectivity index (χ1v) is 10.6. The lowest BCUT2D eigenvalue weighted by atomic mass is 9.93. The highest BCUT2D eigenvalue weighted by atomic mass is 127. The molecule has 2 saturated heterocycles. The molecule has 26 heavy (non-hydrogen) atoms. The summed E-state index contributed by atoms with van der Waals surface area (Å²) in [6.07, 6.45) is 3.98. The molecule has 0 amide bonds. The molecule has 3 heterocycles. The van der Waals surface area contributed by atoms with E-state index in [1.165, 1.54) is 43.9 Å². The van der Waals surface area contributed by atoms with Gasteiger partial charge in [0.25, 0.3) is 0 Å². The second-order valence-electron chi connectivity index (χ2n) is 7.07. The third-order valence-corrected chi connectivity index (χ3v) is 6.53. The van der Waals surface area contributed by atoms with Gasteiger partial charge in [-0.2, -0.15) is 0 Å². The molecule has 0 bridgehead atoms. The van der Waals surface area contributed by atoms with Gasteiger partial charge in [0.05, 0.1) is 5.00 Å². The van der Waals surface area contributed by atoms with Crippen molar-refractivity contribution in [3.05, 3.63) is 17.5 Å². The van der Waals surface area contributed by atoms with Crippen molar-refractivity contribution < 1.29 is 0 Å². The van der Waals surface area contributed by atoms with Crippen molar-refractivity contribution in [2.24, 2.45) is 10.9 Å². The van der Waals surface area contributed by atoms with Gasteiger partial charge in [0.15, 0.2) is 5.96 Å². The van der Waals surface area contributed by atoms with Crippen LogP contribution in [-0.4, -0.2) is 75.2 Å². The van der Waals surface area contributed by atoms with Crippen LogP contribution in [0.1, 0.15) is 26.2 Å². The van der Waals surface area contributed by atoms with Crippen LogP contribution in [0.25, 0.3) is 0 Å². The number of nitrogens with zero attached hydrogens (tertiary/aromatic N) is 4. The lowest BCUT2D eigenvalue weighted by Crippen LogP contribution is -2.52. The zero-order valence-corrected chi connectivity index (χ0v) is 19.3. The fraction of sp³-hybridized carbons (Fsp3) is 0.737. The van der Waals surface area contributed by atoms with Crippen LogP contribution in [0.15, 0.2) is 22.5 Å². The number of thiophene rings is 1. The normalized spacial score (nSPS) is 20.2. The number of rotatable bonds is 5. The van der Waals surface area contributed by atoms with Crippen LogP contribution in [-0.2, 0) is 0 Å². The van der Waals surface area contributed by atoms with E-state index >= 15 is 0 Å². The Kier molecular flexibility index (Phi) is 9.49. The minimum Gasteiger partial charge on any atom is -0.360 e. The van der Waals surface area contributed by atoms with E-state index in [4.69, 9.17) is 0 Å². The molecule has 5 nitrogen and oxygen atoms in total. The third kappa shape index (κ3) is 5.99. The fourth-order valence-corrected chi connectivity index (χ4v) is 4.69. The van der Waals surface area contributed by atoms with Crippen molar-refractivity contribution in [3.63, 3.8) is 0 Å². The van der Waals surface area contributed by atoms with Crippen LogP contribution in [0.2, 0.25) is 0 Å². The van der Waals surface area contributed by atoms with Crippen molar-refractivity contribution in [1.29, 1.82) is 0 Å². The summed E-state index contributed by atoms with van der Waals surface area (Å²) >= 11 is 1.83. The molecule has 0 aliphatic carbocycles. The van der Waals surface area contributed by atoms with Crippen molar-refractivity contribution in [1.82, 2.24) is 15.1 Å². The summed E-state index contributed by atoms with van der Waals surface area (Å²) in [6.45, 7) is 11.3. The summed E-state index contributed by atoms with van der Waals surface area (Å²) in [4.78, 5) is 12.0. The van der Waals surface area contributed by atoms with Gasteiger partial charge < -0.3 is 20.0 Å². The molecule has 0 radical (unpaired) electrons. The molecule has 1 N–H and O–H groups in total. The van der Waals surface area contributed by atoms with E-state index in [2.05, 4.69) is 49.4 Å². The highest BCUT2D eigenvalue weighted by Gasteiger charge is 2.21. The summed E-state index contributed by atoms with van der Waals surface area (Å²) in [5, 5.41) is 7.16. The maximum atomic E-state index is 4.51. The number of halogens is 1. The summed E-state index contributed by atoms with van der Waals surface area (Å²) in [5.41, 5.74) is 0. The molecule has 2 aliphatic heterocycles. The van der Waals surface area contributed by atoms with Crippen LogP contribution in [0.4, 0.5) is 5.00 Å². The van der Waals surface area contributed by atoms with Gasteiger partial charge in [-0.15, -0.1) is 35.3 Å². The first-order chi connectivity index (χ1) is 12.3. The second-order valence-corrected chi connectivity index (χ2v) is 7.99. The first-order valence-electron chi connectivity index (χ1n) is 9.76. The SMILES string of the molecule is CCN1CCC(CCNC(=NC)N2CCN(c3cccs3)CC2)CC1.I. The van der Waals surface area contributed by atoms with E-state index < -0.39 is 0 Å². The number of aliphatic imine (C=N–C) groups is 1. The summed E-state index contributed by atoms with van der Waals surface area (Å²) in [7, 11) is 1.91. The number of anilines is 1. The Balaban J connectivity index is 0.00000243. The number of piperidine rings is 1. The lowest BCUT2D eigenvalue weighted by Gasteiger charge is -2.37. The Morgan fingerprint density at radius 3 is 2.50 bits per heavy atom. The van der Waals surface area contributed by atoms with Crippen LogP contribution in [0.5, 0.6) is 0 Å². The summed E-state index contributed by atoms with van der Waals surface area (Å²) in [6, 6.07) is 4.36. The number of guanidine groups is 1. The minimum absolute atomic E-state index is 0. The Morgan fingerprint density at radius 2 is 1.92 bits per heavy atom. The monoisotopic (exact) mass is 491 g/mol. The van der Waals surface area contributed by atoms with Gasteiger partial charge in [-0.1, -0.05) is 6.92 Å². The molecule has 148 valence electrons. The minimum atomic E-state index is 0. The predicted octanol–water partition coefficient (Wildman–Crippen LogP) is 3.19. The molecule has 0 spiro atoms. The fourth-order valence-electron chi connectivity index (χ4n) is 3.90. The van der Waals surface area contributed by atoms with Gasteiger partial charge in [-0.25, -0.2) is 0 Å². The standard InChI is InChI=1S/C19H33N5S.HI/c1-3-22-10-7-17(8-11-22)6-9-21-19(20-2)24-14-12-23(13-15-24)18-5-4-16-25-18;/h4-5,16-17H,3,6-15H2,1-2H3,(H,20,21);1H. The van der Waals surface area contributed by atoms with E-state index in [1.54, 1.807) is 0 Å². The second kappa shape index (κ2) is 11.3. The zero-order chi connectivity index (χ0) is 17.5. The number of likely N-dealkylation sites (tertiary alicyclic amines) is 1. The largest absolute Gasteiger partial charge is 0.360 e. The first kappa shape index (κ1) is 21.8. The Labute approximate surface area is 179 Å². The summed E-state index contributed by atoms with van der Waals surface area (Å²) < 4.78 is 0. The molecule has 2 aliphatic rings. The van der Waals surface area contributed by atoms with Gasteiger partial charge in [-0.3, -0.25) is 4.99 Å². The quantitative estimate of drug-likeness (QED) is 0.390. The topological polar surface area (TPSA) is 34.1 Å². The van der Waals surface area contributed by atoms with E-state index in [1.807, 2.05) is 18.4 Å². The van der Waals surface area contributed by atoms with E-state index in [9.17, 15) is 0 Å². The molecule has 7 heteroatoms. The predicted molar refractivity (Wildman–Crippen MR) is 124 cm³/mol. The van der Waals surface area contributed by atoms with Gasteiger partial charge in [0.1, 0.15) is 0 Å². The van der Waals surface area contributed by atoms with Crippen LogP contribution < -0.4 is 10.2 Å². The molecule has 1 aromatic rings. The number of piperazine rings is 1. The van der Waals surface area contributed by atoms with Crippen molar-refractivity contribution in [2.75, 3.05) is 64.3 Å². The molecule has 0 aromatic carbocycles. The number of nitrogens with one attached hydrogen (secondary N) is 1. The summed E-state index contributed by atoms with van der Waals surface area (Å²) in [5.74, 6) is 1.96. The zero-order valence-electron chi connectivity index (χ0n) is 16.2. The van der Waals surface area contributed by atoms with Gasteiger partial charge in [0, 0.05) is 39.8 Å². The molecular formula is C19H34IN5S. The van der Waals surface area contributed by atoms with Gasteiger partial charge in [0.2, 0.25) is 0 Å². The maximum Gasteiger partial charge on any atom is 0.193 e. The highest BCUT2D eigenvalue weighted by molar-refractivity contribution is 14.0. The van der Waals surface area contributed by atoms with E-state index in [0.29, 0.717) is 0 Å². The Morgan fingerprint density at radius 1 is 1.19 bits per heavy atom. The average Bonchev–Trinajstić information content (AvgIpc) is 3.21. The average molecular weight is 491 g/mol. The van der Waals surface area contributed by atoms with Gasteiger partial charge >= 0.3 is 0 Å². The van der Waals surface area contributed by atoms with E-state index in [0.717, 1.165) is 44.6 Å². The van der Waals surface area contributed by atoms with Gasteiger partial charge in [-0.05, 0) is 62.3 Å². The number of hydrogen-bond donors (Lipinski definition) is 1. The van der Waals surface area contributed by atoms with Crippen LogP contribution in [0.3, 0.4) is 0 Å². The molecule has 0 atom stereocenters. The molecule has 0 saturated carbocycles. The molecular weight excluding hydrogens is 457 g/mol. The van der Waals surface area contributed by atoms with Crippen molar-refractivity contribution >= 4 is 46.3 Å². The lowest BCUT2D eigenvalue weighted by molar-refractivity contribution is 0.187. The Bertz CT molecular complexity index is 520. The number of hydrogen-bond acceptors (Lipinski definition) is 4. The van der Waals surface area contributed by atoms with E-state index in [-0.39, 0.29) is 24.0 Å².